The fraction of sp³-hybridized carbons (Fsp3) is 0.238. The quantitative estimate of drug-likeness (QED) is 0.401. The summed E-state index contributed by atoms with van der Waals surface area (Å²) in [5.74, 6) is -0.481. The van der Waals surface area contributed by atoms with Gasteiger partial charge in [-0.1, -0.05) is 37.6 Å². The molecular weight excluding hydrogens is 396 g/mol. The van der Waals surface area contributed by atoms with Crippen molar-refractivity contribution in [3.05, 3.63) is 69.6 Å². The van der Waals surface area contributed by atoms with E-state index in [9.17, 15) is 9.59 Å². The summed E-state index contributed by atoms with van der Waals surface area (Å²) in [6.45, 7) is 4.05. The number of carbonyl (C=O) groups excluding carboxylic acids is 2. The lowest BCUT2D eigenvalue weighted by molar-refractivity contribution is -0.121. The van der Waals surface area contributed by atoms with Crippen LogP contribution < -0.4 is 10.8 Å². The van der Waals surface area contributed by atoms with Gasteiger partial charge in [0.15, 0.2) is 0 Å². The van der Waals surface area contributed by atoms with Gasteiger partial charge in [-0.15, -0.1) is 11.3 Å². The van der Waals surface area contributed by atoms with E-state index >= 15 is 0 Å². The molecule has 0 radical (unpaired) electrons. The molecule has 0 spiro atoms. The lowest BCUT2D eigenvalue weighted by Gasteiger charge is -2.23. The average molecular weight is 417 g/mol. The number of hydrogen-bond acceptors (Lipinski definition) is 4. The molecule has 2 aromatic carbocycles. The van der Waals surface area contributed by atoms with Crippen LogP contribution in [0.15, 0.2) is 47.8 Å². The summed E-state index contributed by atoms with van der Waals surface area (Å²) in [6.07, 6.45) is 0.272. The normalized spacial score (nSPS) is 12.2. The molecule has 1 unspecified atom stereocenters. The van der Waals surface area contributed by atoms with E-state index in [4.69, 9.17) is 16.8 Å². The summed E-state index contributed by atoms with van der Waals surface area (Å²) in [5.41, 5.74) is 3.82. The van der Waals surface area contributed by atoms with Crippen molar-refractivity contribution in [3.63, 3.8) is 0 Å². The van der Waals surface area contributed by atoms with Gasteiger partial charge in [0, 0.05) is 15.3 Å². The number of benzene rings is 2. The van der Waals surface area contributed by atoms with Crippen molar-refractivity contribution < 1.29 is 14.8 Å². The monoisotopic (exact) mass is 416 g/mol. The second-order valence-corrected chi connectivity index (χ2v) is 8.28. The Morgan fingerprint density at radius 2 is 1.86 bits per heavy atom. The van der Waals surface area contributed by atoms with Crippen LogP contribution in [0, 0.1) is 5.92 Å². The molecule has 1 aromatic heterocycles. The fourth-order valence-electron chi connectivity index (χ4n) is 3.13. The first-order chi connectivity index (χ1) is 13.4. The molecule has 5 nitrogen and oxygen atoms in total. The zero-order valence-corrected chi connectivity index (χ0v) is 17.1. The first kappa shape index (κ1) is 20.3. The minimum absolute atomic E-state index is 0.0736. The van der Waals surface area contributed by atoms with E-state index in [-0.39, 0.29) is 24.3 Å². The van der Waals surface area contributed by atoms with Gasteiger partial charge in [-0.25, -0.2) is 5.48 Å². The van der Waals surface area contributed by atoms with Crippen LogP contribution in [0.5, 0.6) is 0 Å². The van der Waals surface area contributed by atoms with Gasteiger partial charge in [-0.2, -0.15) is 0 Å². The van der Waals surface area contributed by atoms with Gasteiger partial charge in [0.05, 0.1) is 12.5 Å². The van der Waals surface area contributed by atoms with E-state index < -0.39 is 5.91 Å². The van der Waals surface area contributed by atoms with Crippen molar-refractivity contribution in [2.24, 2.45) is 5.92 Å². The van der Waals surface area contributed by atoms with Gasteiger partial charge >= 0.3 is 0 Å². The number of hydroxylamine groups is 1. The molecule has 3 N–H and O–H groups in total. The Morgan fingerprint density at radius 1 is 1.14 bits per heavy atom. The molecule has 1 atom stereocenters. The molecule has 0 fully saturated rings. The molecule has 7 heteroatoms. The van der Waals surface area contributed by atoms with Gasteiger partial charge in [0.25, 0.3) is 5.91 Å². The summed E-state index contributed by atoms with van der Waals surface area (Å²) in [4.78, 5) is 24.2. The van der Waals surface area contributed by atoms with Crippen LogP contribution in [0.4, 0.5) is 0 Å². The number of fused-ring (bicyclic) bond motifs is 1. The maximum atomic E-state index is 12.7. The number of amides is 2. The van der Waals surface area contributed by atoms with Gasteiger partial charge in [0.2, 0.25) is 5.91 Å². The van der Waals surface area contributed by atoms with Crippen molar-refractivity contribution in [1.82, 2.24) is 10.8 Å². The number of hydrogen-bond donors (Lipinski definition) is 3. The molecule has 2 amide bonds. The molecule has 146 valence electrons. The topological polar surface area (TPSA) is 78.4 Å². The Bertz CT molecular complexity index is 999. The highest BCUT2D eigenvalue weighted by Crippen LogP contribution is 2.29. The Kier molecular flexibility index (Phi) is 6.34. The summed E-state index contributed by atoms with van der Waals surface area (Å²) in [5, 5.41) is 15.5. The minimum Gasteiger partial charge on any atom is -0.349 e. The first-order valence-electron chi connectivity index (χ1n) is 8.88. The summed E-state index contributed by atoms with van der Waals surface area (Å²) in [7, 11) is 0. The predicted molar refractivity (Wildman–Crippen MR) is 112 cm³/mol. The number of rotatable bonds is 6. The molecule has 0 aliphatic heterocycles. The molecule has 0 aliphatic rings. The standard InChI is InChI=1S/C21H21ClN2O3S/c1-12(2)20(13-3-5-14(6-4-13)21(26)24-27)23-19(25)9-15-11-28-18-8-7-16(22)10-17(15)18/h3-8,10-12,20,27H,9H2,1-2H3,(H,23,25)(H,24,26). The zero-order valence-electron chi connectivity index (χ0n) is 15.5. The van der Waals surface area contributed by atoms with E-state index in [1.807, 2.05) is 37.4 Å². The Morgan fingerprint density at radius 3 is 2.50 bits per heavy atom. The highest BCUT2D eigenvalue weighted by atomic mass is 35.5. The van der Waals surface area contributed by atoms with Crippen molar-refractivity contribution >= 4 is 44.8 Å². The zero-order chi connectivity index (χ0) is 20.3. The molecule has 1 heterocycles. The smallest absolute Gasteiger partial charge is 0.274 e. The highest BCUT2D eigenvalue weighted by Gasteiger charge is 2.20. The highest BCUT2D eigenvalue weighted by molar-refractivity contribution is 7.17. The van der Waals surface area contributed by atoms with Crippen LogP contribution in [0.2, 0.25) is 5.02 Å². The fourth-order valence-corrected chi connectivity index (χ4v) is 4.24. The van der Waals surface area contributed by atoms with Crippen molar-refractivity contribution in [2.75, 3.05) is 0 Å². The maximum absolute atomic E-state index is 12.7. The molecule has 0 bridgehead atoms. The third kappa shape index (κ3) is 4.52. The summed E-state index contributed by atoms with van der Waals surface area (Å²) < 4.78 is 1.10. The average Bonchev–Trinajstić information content (AvgIpc) is 3.07. The van der Waals surface area contributed by atoms with Crippen molar-refractivity contribution in [2.45, 2.75) is 26.3 Å². The first-order valence-corrected chi connectivity index (χ1v) is 10.1. The maximum Gasteiger partial charge on any atom is 0.274 e. The Labute approximate surface area is 172 Å². The molecule has 28 heavy (non-hydrogen) atoms. The van der Waals surface area contributed by atoms with E-state index in [2.05, 4.69) is 5.32 Å². The van der Waals surface area contributed by atoms with E-state index in [1.165, 1.54) is 0 Å². The SMILES string of the molecule is CC(C)C(NC(=O)Cc1csc2ccc(Cl)cc12)c1ccc(C(=O)NO)cc1. The second-order valence-electron chi connectivity index (χ2n) is 6.93. The van der Waals surface area contributed by atoms with Gasteiger partial charge < -0.3 is 5.32 Å². The van der Waals surface area contributed by atoms with E-state index in [0.29, 0.717) is 10.6 Å². The molecule has 0 saturated carbocycles. The largest absolute Gasteiger partial charge is 0.349 e. The third-order valence-corrected chi connectivity index (χ3v) is 5.83. The molecular formula is C21H21ClN2O3S. The van der Waals surface area contributed by atoms with Crippen LogP contribution >= 0.6 is 22.9 Å². The predicted octanol–water partition coefficient (Wildman–Crippen LogP) is 4.73. The minimum atomic E-state index is -0.570. The van der Waals surface area contributed by atoms with Crippen molar-refractivity contribution in [1.29, 1.82) is 0 Å². The van der Waals surface area contributed by atoms with E-state index in [1.54, 1.807) is 41.1 Å². The summed E-state index contributed by atoms with van der Waals surface area (Å²) in [6, 6.07) is 12.3. The van der Waals surface area contributed by atoms with E-state index in [0.717, 1.165) is 21.2 Å². The molecule has 0 saturated heterocycles. The van der Waals surface area contributed by atoms with Crippen LogP contribution in [-0.4, -0.2) is 17.0 Å². The van der Waals surface area contributed by atoms with Gasteiger partial charge in [0.1, 0.15) is 0 Å². The lowest BCUT2D eigenvalue weighted by Crippen LogP contribution is -2.32. The number of carbonyl (C=O) groups is 2. The van der Waals surface area contributed by atoms with Crippen molar-refractivity contribution in [3.8, 4) is 0 Å². The Hall–Kier alpha value is -2.41. The molecule has 0 aliphatic carbocycles. The van der Waals surface area contributed by atoms with Crippen LogP contribution in [0.1, 0.15) is 41.4 Å². The molecule has 3 aromatic rings. The molecule has 3 rings (SSSR count). The second kappa shape index (κ2) is 8.73. The van der Waals surface area contributed by atoms with Crippen LogP contribution in [0.25, 0.3) is 10.1 Å². The number of thiophene rings is 1. The van der Waals surface area contributed by atoms with Crippen LogP contribution in [-0.2, 0) is 11.2 Å². The number of halogens is 1. The van der Waals surface area contributed by atoms with Crippen LogP contribution in [0.3, 0.4) is 0 Å². The Balaban J connectivity index is 1.75. The summed E-state index contributed by atoms with van der Waals surface area (Å²) >= 11 is 7.69. The lowest BCUT2D eigenvalue weighted by atomic mass is 9.94. The third-order valence-electron chi connectivity index (χ3n) is 4.58. The van der Waals surface area contributed by atoms with Gasteiger partial charge in [-0.3, -0.25) is 14.8 Å². The number of nitrogens with one attached hydrogen (secondary N) is 2. The van der Waals surface area contributed by atoms with Gasteiger partial charge in [-0.05, 0) is 58.1 Å².